The minimum absolute atomic E-state index is 0. The quantitative estimate of drug-likeness (QED) is 0.216. The van der Waals surface area contributed by atoms with E-state index in [9.17, 15) is 0 Å². The first-order valence-corrected chi connectivity index (χ1v) is 11.2. The summed E-state index contributed by atoms with van der Waals surface area (Å²) >= 11 is 0. The number of hydrogen-bond acceptors (Lipinski definition) is 0. The molecule has 4 heteroatoms. The van der Waals surface area contributed by atoms with E-state index in [1.807, 2.05) is 6.07 Å². The van der Waals surface area contributed by atoms with Gasteiger partial charge in [0, 0.05) is 19.8 Å². The molecule has 4 rings (SSSR count). The molecule has 0 heterocycles. The van der Waals surface area contributed by atoms with Crippen LogP contribution in [0.5, 0.6) is 0 Å². The Morgan fingerprint density at radius 3 is 1.10 bits per heavy atom. The zero-order valence-electron chi connectivity index (χ0n) is 16.5. The van der Waals surface area contributed by atoms with E-state index in [1.54, 1.807) is 0 Å². The van der Waals surface area contributed by atoms with Crippen molar-refractivity contribution in [2.45, 2.75) is 0 Å². The zero-order valence-corrected chi connectivity index (χ0v) is 21.4. The predicted octanol–water partition coefficient (Wildman–Crippen LogP) is -2.16. The molecule has 4 radical (unpaired) electrons. The third-order valence-corrected chi connectivity index (χ3v) is 9.05. The number of hydrogen-bond donors (Lipinski definition) is 0. The third kappa shape index (κ3) is 5.60. The summed E-state index contributed by atoms with van der Waals surface area (Å²) in [6.07, 6.45) is 2.17. The fourth-order valence-electron chi connectivity index (χ4n) is 3.56. The van der Waals surface area contributed by atoms with Crippen LogP contribution in [0, 0.1) is 5.70 Å². The predicted molar refractivity (Wildman–Crippen MR) is 124 cm³/mol. The van der Waals surface area contributed by atoms with Gasteiger partial charge in [0.2, 0.25) is 0 Å². The molecule has 0 spiro atoms. The fraction of sp³-hybridized carbons (Fsp3) is 0. The van der Waals surface area contributed by atoms with E-state index in [4.69, 9.17) is 0 Å². The SMILES string of the molecule is [C](=Cc1ccccc1)[Si](c1ccccc1)(c1ccccc1)c1ccccc1.[Cl-].[Cl-].[Ga]. The van der Waals surface area contributed by atoms with Crippen molar-refractivity contribution in [2.75, 3.05) is 0 Å². The molecule has 4 aromatic carbocycles. The van der Waals surface area contributed by atoms with Gasteiger partial charge in [-0.25, -0.2) is 0 Å². The van der Waals surface area contributed by atoms with E-state index in [2.05, 4.69) is 127 Å². The Kier molecular flexibility index (Phi) is 11.0. The average molecular weight is 502 g/mol. The second-order valence-electron chi connectivity index (χ2n) is 6.55. The topological polar surface area (TPSA) is 0 Å². The molecule has 4 aromatic rings. The molecule has 0 fully saturated rings. The number of benzene rings is 4. The van der Waals surface area contributed by atoms with Crippen molar-refractivity contribution in [3.05, 3.63) is 133 Å². The molecule has 0 N–H and O–H groups in total. The third-order valence-electron chi connectivity index (χ3n) is 4.88. The molecule has 0 aromatic heterocycles. The second-order valence-corrected chi connectivity index (χ2v) is 10.1. The van der Waals surface area contributed by atoms with Crippen LogP contribution in [0.1, 0.15) is 5.56 Å². The molecular weight excluding hydrogens is 481 g/mol. The largest absolute Gasteiger partial charge is 1.00 e. The van der Waals surface area contributed by atoms with Crippen LogP contribution in [0.25, 0.3) is 6.08 Å². The van der Waals surface area contributed by atoms with Crippen molar-refractivity contribution in [3.8, 4) is 0 Å². The first kappa shape index (κ1) is 26.1. The van der Waals surface area contributed by atoms with Gasteiger partial charge in [0.1, 0.15) is 0 Å². The summed E-state index contributed by atoms with van der Waals surface area (Å²) in [5.41, 5.74) is 5.09. The molecule has 0 nitrogen and oxygen atoms in total. The zero-order chi connectivity index (χ0) is 18.4. The van der Waals surface area contributed by atoms with Crippen LogP contribution in [0.4, 0.5) is 0 Å². The van der Waals surface area contributed by atoms with Crippen LogP contribution >= 0.6 is 0 Å². The summed E-state index contributed by atoms with van der Waals surface area (Å²) in [5.74, 6) is 0. The normalized spacial score (nSPS) is 10.4. The van der Waals surface area contributed by atoms with E-state index in [0.717, 1.165) is 0 Å². The number of halogens is 2. The summed E-state index contributed by atoms with van der Waals surface area (Å²) in [7, 11) is -2.41. The van der Waals surface area contributed by atoms with Gasteiger partial charge in [-0.2, -0.15) is 0 Å². The summed E-state index contributed by atoms with van der Waals surface area (Å²) in [6.45, 7) is 0. The second kappa shape index (κ2) is 12.7. The Balaban J connectivity index is 0.00000150. The fourth-order valence-corrected chi connectivity index (χ4v) is 7.52. The van der Waals surface area contributed by atoms with Crippen molar-refractivity contribution in [1.82, 2.24) is 0 Å². The van der Waals surface area contributed by atoms with Crippen molar-refractivity contribution < 1.29 is 24.8 Å². The van der Waals surface area contributed by atoms with Gasteiger partial charge >= 0.3 is 0 Å². The van der Waals surface area contributed by atoms with Gasteiger partial charge in [0.05, 0.1) is 0 Å². The van der Waals surface area contributed by atoms with Gasteiger partial charge in [0.25, 0.3) is 0 Å². The van der Waals surface area contributed by atoms with E-state index < -0.39 is 8.07 Å². The van der Waals surface area contributed by atoms with Gasteiger partial charge in [-0.15, -0.1) is 0 Å². The average Bonchev–Trinajstić information content (AvgIpc) is 2.77. The molecular formula is C26H21Cl2GaSi-2. The van der Waals surface area contributed by atoms with E-state index in [-0.39, 0.29) is 44.6 Å². The molecule has 0 bridgehead atoms. The van der Waals surface area contributed by atoms with Crippen LogP contribution in [-0.2, 0) is 0 Å². The first-order valence-electron chi connectivity index (χ1n) is 9.22. The van der Waals surface area contributed by atoms with E-state index in [0.29, 0.717) is 0 Å². The first-order chi connectivity index (χ1) is 13.4. The Labute approximate surface area is 206 Å². The van der Waals surface area contributed by atoms with Gasteiger partial charge < -0.3 is 24.8 Å². The van der Waals surface area contributed by atoms with Crippen LogP contribution < -0.4 is 40.4 Å². The minimum Gasteiger partial charge on any atom is -1.00 e. The van der Waals surface area contributed by atoms with Crippen molar-refractivity contribution in [3.63, 3.8) is 0 Å². The van der Waals surface area contributed by atoms with Crippen molar-refractivity contribution >= 4 is 49.5 Å². The molecule has 30 heavy (non-hydrogen) atoms. The maximum atomic E-state index is 3.91. The monoisotopic (exact) mass is 500 g/mol. The standard InChI is InChI=1S/C26H21Si.2ClH.Ga/c1-5-13-23(14-6-1)21-22-27(24-15-7-2-8-16-24,25-17-9-3-10-18-25)26-19-11-4-12-20-26;;;/h1-21H;2*1H;/p-2. The van der Waals surface area contributed by atoms with Crippen LogP contribution in [0.15, 0.2) is 121 Å². The summed E-state index contributed by atoms with van der Waals surface area (Å²) < 4.78 is 0. The van der Waals surface area contributed by atoms with E-state index >= 15 is 0 Å². The minimum atomic E-state index is -2.41. The van der Waals surface area contributed by atoms with Crippen LogP contribution in [-0.4, -0.2) is 27.9 Å². The molecule has 0 atom stereocenters. The van der Waals surface area contributed by atoms with Crippen LogP contribution in [0.3, 0.4) is 0 Å². The Morgan fingerprint density at radius 1 is 0.467 bits per heavy atom. The molecule has 0 aliphatic rings. The Morgan fingerprint density at radius 2 is 0.767 bits per heavy atom. The summed E-state index contributed by atoms with van der Waals surface area (Å²) in [4.78, 5) is 0. The van der Waals surface area contributed by atoms with Gasteiger partial charge in [-0.05, 0) is 26.8 Å². The molecule has 148 valence electrons. The van der Waals surface area contributed by atoms with Crippen molar-refractivity contribution in [1.29, 1.82) is 0 Å². The smallest absolute Gasteiger partial charge is 0.179 e. The molecule has 0 saturated heterocycles. The molecule has 0 unspecified atom stereocenters. The maximum absolute atomic E-state index is 3.91. The van der Waals surface area contributed by atoms with Gasteiger partial charge in [-0.1, -0.05) is 127 Å². The molecule has 0 aliphatic heterocycles. The Hall–Kier alpha value is -1.95. The molecule has 0 aliphatic carbocycles. The van der Waals surface area contributed by atoms with Gasteiger partial charge in [0.15, 0.2) is 8.07 Å². The maximum Gasteiger partial charge on any atom is 0.179 e. The van der Waals surface area contributed by atoms with Crippen LogP contribution in [0.2, 0.25) is 0 Å². The molecule has 0 amide bonds. The summed E-state index contributed by atoms with van der Waals surface area (Å²) in [5, 5.41) is 4.03. The molecule has 0 saturated carbocycles. The van der Waals surface area contributed by atoms with Crippen molar-refractivity contribution in [2.24, 2.45) is 0 Å². The Bertz CT molecular complexity index is 911. The summed E-state index contributed by atoms with van der Waals surface area (Å²) in [6, 6.07) is 43.0. The van der Waals surface area contributed by atoms with Gasteiger partial charge in [-0.3, -0.25) is 0 Å². The number of rotatable bonds is 5. The van der Waals surface area contributed by atoms with E-state index in [1.165, 1.54) is 21.1 Å².